The van der Waals surface area contributed by atoms with Crippen molar-refractivity contribution < 1.29 is 13.2 Å². The van der Waals surface area contributed by atoms with Crippen LogP contribution in [0.3, 0.4) is 0 Å². The Kier molecular flexibility index (Phi) is 4.51. The van der Waals surface area contributed by atoms with Crippen LogP contribution >= 0.6 is 0 Å². The number of rotatable bonds is 3. The molecule has 1 aromatic rings. The van der Waals surface area contributed by atoms with Gasteiger partial charge in [-0.05, 0) is 12.1 Å². The predicted octanol–water partition coefficient (Wildman–Crippen LogP) is -0.152. The molecule has 0 aliphatic rings. The van der Waals surface area contributed by atoms with Crippen molar-refractivity contribution in [3.05, 3.63) is 30.3 Å². The smallest absolute Gasteiger partial charge is 0.306 e. The summed E-state index contributed by atoms with van der Waals surface area (Å²) in [6, 6.07) is 8.25. The summed E-state index contributed by atoms with van der Waals surface area (Å²) in [6.45, 7) is -0.0231. The fraction of sp³-hybridized carbons (Fsp3) is 0.100. The van der Waals surface area contributed by atoms with E-state index in [0.29, 0.717) is 5.75 Å². The summed E-state index contributed by atoms with van der Waals surface area (Å²) in [5.41, 5.74) is 0. The molecule has 0 saturated heterocycles. The number of hydrogen-bond acceptors (Lipinski definition) is 4. The average Bonchev–Trinajstić information content (AvgIpc) is 2.25. The summed E-state index contributed by atoms with van der Waals surface area (Å²) in [6.07, 6.45) is 5.01. The number of nitrogens with zero attached hydrogens (tertiary/aromatic N) is 1. The summed E-state index contributed by atoms with van der Waals surface area (Å²) in [4.78, 5) is 3.71. The van der Waals surface area contributed by atoms with Gasteiger partial charge >= 0.3 is 6.02 Å². The topological polar surface area (TPSA) is 93.8 Å². The van der Waals surface area contributed by atoms with Crippen molar-refractivity contribution >= 4 is 16.2 Å². The molecule has 90 valence electrons. The maximum Gasteiger partial charge on any atom is 0.306 e. The summed E-state index contributed by atoms with van der Waals surface area (Å²) in [7, 11) is -3.95. The molecule has 0 aromatic heterocycles. The Labute approximate surface area is 99.7 Å². The van der Waals surface area contributed by atoms with Gasteiger partial charge in [-0.2, -0.15) is 8.42 Å². The fourth-order valence-electron chi connectivity index (χ4n) is 0.925. The van der Waals surface area contributed by atoms with E-state index in [-0.39, 0.29) is 12.6 Å². The third kappa shape index (κ3) is 5.55. The average molecular weight is 253 g/mol. The van der Waals surface area contributed by atoms with Crippen LogP contribution in [-0.4, -0.2) is 21.0 Å². The van der Waals surface area contributed by atoms with Crippen molar-refractivity contribution in [2.75, 3.05) is 6.54 Å². The van der Waals surface area contributed by atoms with Crippen LogP contribution in [0.1, 0.15) is 0 Å². The molecule has 0 radical (unpaired) electrons. The van der Waals surface area contributed by atoms with Gasteiger partial charge in [0.2, 0.25) is 0 Å². The van der Waals surface area contributed by atoms with Gasteiger partial charge in [-0.25, -0.2) is 14.9 Å². The van der Waals surface area contributed by atoms with Crippen LogP contribution in [0.5, 0.6) is 5.75 Å². The first-order valence-corrected chi connectivity index (χ1v) is 6.07. The summed E-state index contributed by atoms with van der Waals surface area (Å²) < 4.78 is 28.8. The standard InChI is InChI=1S/C10H11N3O3S/c1-2-8-12-10(13-17(11,14)15)16-9-6-4-3-5-7-9/h1,3-7H,8H2,(H,12,13)(H2,11,14,15). The summed E-state index contributed by atoms with van der Waals surface area (Å²) >= 11 is 0. The normalized spacial score (nSPS) is 11.6. The van der Waals surface area contributed by atoms with E-state index >= 15 is 0 Å². The highest BCUT2D eigenvalue weighted by Crippen LogP contribution is 2.08. The third-order valence-corrected chi connectivity index (χ3v) is 1.96. The molecule has 0 heterocycles. The number of para-hydroxylation sites is 1. The fourth-order valence-corrected chi connectivity index (χ4v) is 1.27. The lowest BCUT2D eigenvalue weighted by Crippen LogP contribution is -2.39. The lowest BCUT2D eigenvalue weighted by Gasteiger charge is -2.08. The number of benzene rings is 1. The Morgan fingerprint density at radius 1 is 1.47 bits per heavy atom. The number of aliphatic imine (C=N–C) groups is 1. The van der Waals surface area contributed by atoms with E-state index in [1.807, 2.05) is 4.72 Å². The molecule has 17 heavy (non-hydrogen) atoms. The van der Waals surface area contributed by atoms with Crippen molar-refractivity contribution in [3.63, 3.8) is 0 Å². The molecule has 0 saturated carbocycles. The number of nitrogens with one attached hydrogen (secondary N) is 1. The summed E-state index contributed by atoms with van der Waals surface area (Å²) in [5, 5.41) is 4.81. The van der Waals surface area contributed by atoms with Crippen LogP contribution in [0.25, 0.3) is 0 Å². The van der Waals surface area contributed by atoms with Crippen LogP contribution in [0.2, 0.25) is 0 Å². The molecule has 1 rings (SSSR count). The lowest BCUT2D eigenvalue weighted by atomic mass is 10.3. The van der Waals surface area contributed by atoms with Crippen molar-refractivity contribution in [1.82, 2.24) is 4.72 Å². The maximum absolute atomic E-state index is 10.8. The largest absolute Gasteiger partial charge is 0.425 e. The van der Waals surface area contributed by atoms with Crippen molar-refractivity contribution in [1.29, 1.82) is 0 Å². The summed E-state index contributed by atoms with van der Waals surface area (Å²) in [5.74, 6) is 2.64. The Morgan fingerprint density at radius 2 is 2.12 bits per heavy atom. The molecular weight excluding hydrogens is 242 g/mol. The van der Waals surface area contributed by atoms with E-state index < -0.39 is 10.2 Å². The zero-order chi connectivity index (χ0) is 12.7. The molecular formula is C10H11N3O3S. The molecule has 0 bridgehead atoms. The molecule has 6 nitrogen and oxygen atoms in total. The monoisotopic (exact) mass is 253 g/mol. The number of hydrogen-bond donors (Lipinski definition) is 2. The molecule has 1 aromatic carbocycles. The van der Waals surface area contributed by atoms with Crippen LogP contribution in [0, 0.1) is 12.3 Å². The maximum atomic E-state index is 10.8. The second-order valence-corrected chi connectivity index (χ2v) is 4.18. The second kappa shape index (κ2) is 5.89. The van der Waals surface area contributed by atoms with Gasteiger partial charge in [0.1, 0.15) is 12.3 Å². The van der Waals surface area contributed by atoms with Gasteiger partial charge in [0.25, 0.3) is 10.2 Å². The van der Waals surface area contributed by atoms with Gasteiger partial charge in [-0.15, -0.1) is 6.42 Å². The lowest BCUT2D eigenvalue weighted by molar-refractivity contribution is 0.525. The molecule has 3 N–H and O–H groups in total. The van der Waals surface area contributed by atoms with E-state index in [4.69, 9.17) is 16.3 Å². The Hall–Kier alpha value is -2.04. The van der Waals surface area contributed by atoms with Crippen LogP contribution in [-0.2, 0) is 10.2 Å². The van der Waals surface area contributed by atoms with Gasteiger partial charge in [0, 0.05) is 0 Å². The Balaban J connectivity index is 2.82. The molecule has 0 aliphatic carbocycles. The zero-order valence-electron chi connectivity index (χ0n) is 8.83. The quantitative estimate of drug-likeness (QED) is 0.445. The highest BCUT2D eigenvalue weighted by molar-refractivity contribution is 7.87. The van der Waals surface area contributed by atoms with Crippen molar-refractivity contribution in [3.8, 4) is 18.1 Å². The minimum atomic E-state index is -3.95. The van der Waals surface area contributed by atoms with E-state index in [9.17, 15) is 8.42 Å². The first-order chi connectivity index (χ1) is 8.01. The van der Waals surface area contributed by atoms with Gasteiger partial charge in [0.15, 0.2) is 0 Å². The number of amidine groups is 1. The first-order valence-electron chi connectivity index (χ1n) is 4.52. The van der Waals surface area contributed by atoms with Gasteiger partial charge in [-0.1, -0.05) is 24.1 Å². The van der Waals surface area contributed by atoms with Crippen LogP contribution in [0.4, 0.5) is 0 Å². The van der Waals surface area contributed by atoms with E-state index in [2.05, 4.69) is 10.9 Å². The molecule has 0 atom stereocenters. The molecule has 0 spiro atoms. The van der Waals surface area contributed by atoms with E-state index in [0.717, 1.165) is 0 Å². The Bertz CT molecular complexity index is 532. The molecule has 0 aliphatic heterocycles. The molecule has 0 unspecified atom stereocenters. The van der Waals surface area contributed by atoms with E-state index in [1.165, 1.54) is 0 Å². The van der Waals surface area contributed by atoms with Crippen LogP contribution < -0.4 is 14.6 Å². The minimum absolute atomic E-state index is 0.0231. The minimum Gasteiger partial charge on any atom is -0.425 e. The van der Waals surface area contributed by atoms with Gasteiger partial charge < -0.3 is 4.74 Å². The molecule has 0 amide bonds. The highest BCUT2D eigenvalue weighted by atomic mass is 32.2. The van der Waals surface area contributed by atoms with Crippen LogP contribution in [0.15, 0.2) is 35.3 Å². The number of ether oxygens (including phenoxy) is 1. The first kappa shape index (κ1) is 13.0. The van der Waals surface area contributed by atoms with Crippen molar-refractivity contribution in [2.24, 2.45) is 10.1 Å². The van der Waals surface area contributed by atoms with Gasteiger partial charge in [-0.3, -0.25) is 0 Å². The molecule has 7 heteroatoms. The Morgan fingerprint density at radius 3 is 2.65 bits per heavy atom. The molecule has 0 fully saturated rings. The van der Waals surface area contributed by atoms with Crippen molar-refractivity contribution in [2.45, 2.75) is 0 Å². The number of terminal acetylenes is 1. The third-order valence-electron chi connectivity index (χ3n) is 1.50. The SMILES string of the molecule is C#CCN=C(NS(N)(=O)=O)Oc1ccccc1. The zero-order valence-corrected chi connectivity index (χ0v) is 9.65. The number of nitrogens with two attached hydrogens (primary N) is 1. The van der Waals surface area contributed by atoms with Gasteiger partial charge in [0.05, 0.1) is 0 Å². The van der Waals surface area contributed by atoms with E-state index in [1.54, 1.807) is 30.3 Å². The highest BCUT2D eigenvalue weighted by Gasteiger charge is 2.08. The predicted molar refractivity (Wildman–Crippen MR) is 64.4 cm³/mol. The second-order valence-electron chi connectivity index (χ2n) is 2.89.